The van der Waals surface area contributed by atoms with Crippen molar-refractivity contribution in [3.63, 3.8) is 0 Å². The largest absolute Gasteiger partial charge is 0.319 e. The first-order chi connectivity index (χ1) is 8.20. The zero-order valence-corrected chi connectivity index (χ0v) is 11.7. The molecule has 0 unspecified atom stereocenters. The fourth-order valence-electron chi connectivity index (χ4n) is 1.45. The third kappa shape index (κ3) is 3.12. The lowest BCUT2D eigenvalue weighted by molar-refractivity contribution is 0.628. The van der Waals surface area contributed by atoms with E-state index in [-0.39, 0.29) is 5.82 Å². The second-order valence-corrected chi connectivity index (χ2v) is 5.92. The van der Waals surface area contributed by atoms with Gasteiger partial charge in [0.05, 0.1) is 9.48 Å². The Kier molecular flexibility index (Phi) is 4.25. The van der Waals surface area contributed by atoms with E-state index < -0.39 is 0 Å². The number of aromatic nitrogens is 1. The van der Waals surface area contributed by atoms with Crippen molar-refractivity contribution in [3.8, 4) is 10.6 Å². The van der Waals surface area contributed by atoms with Crippen molar-refractivity contribution in [1.29, 1.82) is 0 Å². The first-order valence-corrected chi connectivity index (χ1v) is 6.87. The monoisotopic (exact) mass is 314 g/mol. The van der Waals surface area contributed by atoms with Crippen LogP contribution in [0.4, 0.5) is 4.39 Å². The number of thiazole rings is 1. The maximum atomic E-state index is 12.8. The zero-order chi connectivity index (χ0) is 12.3. The summed E-state index contributed by atoms with van der Waals surface area (Å²) in [6.07, 6.45) is 0.884. The van der Waals surface area contributed by atoms with E-state index in [4.69, 9.17) is 0 Å². The average molecular weight is 315 g/mol. The molecule has 1 aromatic heterocycles. The zero-order valence-electron chi connectivity index (χ0n) is 9.34. The summed E-state index contributed by atoms with van der Waals surface area (Å²) in [5.74, 6) is -0.222. The van der Waals surface area contributed by atoms with Crippen LogP contribution in [0, 0.1) is 5.82 Å². The van der Waals surface area contributed by atoms with Gasteiger partial charge in [0.2, 0.25) is 0 Å². The minimum Gasteiger partial charge on any atom is -0.319 e. The van der Waals surface area contributed by atoms with Gasteiger partial charge in [0.15, 0.2) is 0 Å². The van der Waals surface area contributed by atoms with Gasteiger partial charge in [0, 0.05) is 18.5 Å². The van der Waals surface area contributed by atoms with Crippen LogP contribution < -0.4 is 5.32 Å². The molecule has 0 aliphatic carbocycles. The number of rotatable bonds is 4. The van der Waals surface area contributed by atoms with E-state index in [1.54, 1.807) is 23.5 Å². The third-order valence-electron chi connectivity index (χ3n) is 2.35. The Morgan fingerprint density at radius 3 is 2.71 bits per heavy atom. The van der Waals surface area contributed by atoms with Gasteiger partial charge in [0.25, 0.3) is 0 Å². The van der Waals surface area contributed by atoms with Gasteiger partial charge in [-0.1, -0.05) is 0 Å². The van der Waals surface area contributed by atoms with Crippen molar-refractivity contribution in [2.45, 2.75) is 6.42 Å². The van der Waals surface area contributed by atoms with Crippen LogP contribution in [0.25, 0.3) is 10.6 Å². The standard InChI is InChI=1S/C12H12BrFN2S/c1-15-7-6-10-11(13)17-12(16-10)8-2-4-9(14)5-3-8/h2-5,15H,6-7H2,1H3. The molecule has 17 heavy (non-hydrogen) atoms. The Morgan fingerprint density at radius 1 is 1.35 bits per heavy atom. The van der Waals surface area contributed by atoms with Crippen LogP contribution in [0.1, 0.15) is 5.69 Å². The predicted molar refractivity (Wildman–Crippen MR) is 72.8 cm³/mol. The van der Waals surface area contributed by atoms with Gasteiger partial charge in [-0.15, -0.1) is 11.3 Å². The highest BCUT2D eigenvalue weighted by atomic mass is 79.9. The van der Waals surface area contributed by atoms with E-state index in [0.717, 1.165) is 33.0 Å². The molecule has 1 aromatic carbocycles. The summed E-state index contributed by atoms with van der Waals surface area (Å²) < 4.78 is 13.9. The summed E-state index contributed by atoms with van der Waals surface area (Å²) in [4.78, 5) is 4.56. The van der Waals surface area contributed by atoms with E-state index in [1.165, 1.54) is 12.1 Å². The molecule has 2 nitrogen and oxygen atoms in total. The molecule has 2 aromatic rings. The highest BCUT2D eigenvalue weighted by Crippen LogP contribution is 2.32. The number of hydrogen-bond donors (Lipinski definition) is 1. The minimum atomic E-state index is -0.222. The lowest BCUT2D eigenvalue weighted by atomic mass is 10.2. The van der Waals surface area contributed by atoms with E-state index >= 15 is 0 Å². The number of nitrogens with one attached hydrogen (secondary N) is 1. The number of nitrogens with zero attached hydrogens (tertiary/aromatic N) is 1. The van der Waals surface area contributed by atoms with Gasteiger partial charge in [-0.3, -0.25) is 0 Å². The molecule has 1 N–H and O–H groups in total. The van der Waals surface area contributed by atoms with Gasteiger partial charge in [-0.25, -0.2) is 9.37 Å². The molecule has 0 aliphatic heterocycles. The maximum absolute atomic E-state index is 12.8. The highest BCUT2D eigenvalue weighted by molar-refractivity contribution is 9.11. The van der Waals surface area contributed by atoms with Crippen LogP contribution in [0.5, 0.6) is 0 Å². The van der Waals surface area contributed by atoms with E-state index in [0.29, 0.717) is 0 Å². The molecule has 1 heterocycles. The van der Waals surface area contributed by atoms with Crippen LogP contribution in [0.15, 0.2) is 28.1 Å². The summed E-state index contributed by atoms with van der Waals surface area (Å²) in [7, 11) is 1.92. The molecule has 0 aliphatic rings. The predicted octanol–water partition coefficient (Wildman–Crippen LogP) is 3.47. The molecule has 2 rings (SSSR count). The van der Waals surface area contributed by atoms with Gasteiger partial charge < -0.3 is 5.32 Å². The highest BCUT2D eigenvalue weighted by Gasteiger charge is 2.10. The van der Waals surface area contributed by atoms with Crippen LogP contribution in [-0.4, -0.2) is 18.6 Å². The molecule has 0 fully saturated rings. The second-order valence-electron chi connectivity index (χ2n) is 3.60. The van der Waals surface area contributed by atoms with Gasteiger partial charge in [0.1, 0.15) is 10.8 Å². The number of likely N-dealkylation sites (N-methyl/N-ethyl adjacent to an activating group) is 1. The lowest BCUT2D eigenvalue weighted by Crippen LogP contribution is -2.10. The molecule has 90 valence electrons. The topological polar surface area (TPSA) is 24.9 Å². The number of hydrogen-bond acceptors (Lipinski definition) is 3. The van der Waals surface area contributed by atoms with E-state index in [1.807, 2.05) is 7.05 Å². The fraction of sp³-hybridized carbons (Fsp3) is 0.250. The quantitative estimate of drug-likeness (QED) is 0.934. The Balaban J connectivity index is 2.24. The van der Waals surface area contributed by atoms with Gasteiger partial charge in [-0.05, 0) is 47.2 Å². The molecule has 0 amide bonds. The SMILES string of the molecule is CNCCc1nc(-c2ccc(F)cc2)sc1Br. The Bertz CT molecular complexity index is 496. The summed E-state index contributed by atoms with van der Waals surface area (Å²) in [5.41, 5.74) is 2.00. The molecule has 0 atom stereocenters. The first kappa shape index (κ1) is 12.7. The smallest absolute Gasteiger partial charge is 0.124 e. The van der Waals surface area contributed by atoms with Crippen molar-refractivity contribution in [3.05, 3.63) is 39.6 Å². The van der Waals surface area contributed by atoms with Gasteiger partial charge in [-0.2, -0.15) is 0 Å². The maximum Gasteiger partial charge on any atom is 0.124 e. The summed E-state index contributed by atoms with van der Waals surface area (Å²) in [6.45, 7) is 0.894. The average Bonchev–Trinajstić information content (AvgIpc) is 2.69. The minimum absolute atomic E-state index is 0.222. The summed E-state index contributed by atoms with van der Waals surface area (Å²) >= 11 is 5.09. The van der Waals surface area contributed by atoms with Crippen LogP contribution >= 0.6 is 27.3 Å². The third-order valence-corrected chi connectivity index (χ3v) is 4.23. The molecule has 0 saturated heterocycles. The van der Waals surface area contributed by atoms with Crippen LogP contribution in [-0.2, 0) is 6.42 Å². The molecule has 0 bridgehead atoms. The molecule has 5 heteroatoms. The Labute approximate surface area is 112 Å². The molecule has 0 spiro atoms. The van der Waals surface area contributed by atoms with Crippen molar-refractivity contribution < 1.29 is 4.39 Å². The van der Waals surface area contributed by atoms with E-state index in [2.05, 4.69) is 26.2 Å². The fourth-order valence-corrected chi connectivity index (χ4v) is 3.04. The molecular formula is C12H12BrFN2S. The van der Waals surface area contributed by atoms with Gasteiger partial charge >= 0.3 is 0 Å². The van der Waals surface area contributed by atoms with Crippen molar-refractivity contribution in [1.82, 2.24) is 10.3 Å². The van der Waals surface area contributed by atoms with Crippen molar-refractivity contribution >= 4 is 27.3 Å². The van der Waals surface area contributed by atoms with Crippen LogP contribution in [0.2, 0.25) is 0 Å². The van der Waals surface area contributed by atoms with Crippen LogP contribution in [0.3, 0.4) is 0 Å². The first-order valence-electron chi connectivity index (χ1n) is 5.26. The Hall–Kier alpha value is -0.780. The number of benzene rings is 1. The molecule has 0 saturated carbocycles. The Morgan fingerprint density at radius 2 is 2.06 bits per heavy atom. The summed E-state index contributed by atoms with van der Waals surface area (Å²) in [5, 5.41) is 4.01. The lowest BCUT2D eigenvalue weighted by Gasteiger charge is -1.96. The molecule has 0 radical (unpaired) electrons. The van der Waals surface area contributed by atoms with E-state index in [9.17, 15) is 4.39 Å². The normalized spacial score (nSPS) is 10.8. The van der Waals surface area contributed by atoms with Crippen molar-refractivity contribution in [2.24, 2.45) is 0 Å². The van der Waals surface area contributed by atoms with Crippen molar-refractivity contribution in [2.75, 3.05) is 13.6 Å². The number of halogens is 2. The molecular weight excluding hydrogens is 303 g/mol. The second kappa shape index (κ2) is 5.71. The summed E-state index contributed by atoms with van der Waals surface area (Å²) in [6, 6.07) is 6.42.